The Kier molecular flexibility index (Phi) is 5.65. The van der Waals surface area contributed by atoms with Gasteiger partial charge in [0, 0.05) is 17.7 Å². The third-order valence-corrected chi connectivity index (χ3v) is 5.05. The van der Waals surface area contributed by atoms with Gasteiger partial charge in [-0.05, 0) is 43.7 Å². The van der Waals surface area contributed by atoms with Crippen molar-refractivity contribution in [3.8, 4) is 11.5 Å². The number of hydrogen-bond donors (Lipinski definition) is 0. The maximum absolute atomic E-state index is 5.92. The van der Waals surface area contributed by atoms with Crippen molar-refractivity contribution in [1.29, 1.82) is 0 Å². The summed E-state index contributed by atoms with van der Waals surface area (Å²) in [6.07, 6.45) is 12.0. The molecule has 0 saturated heterocycles. The molecular weight excluding hydrogens is 310 g/mol. The van der Waals surface area contributed by atoms with Crippen LogP contribution in [0.15, 0.2) is 22.9 Å². The van der Waals surface area contributed by atoms with Crippen molar-refractivity contribution in [3.05, 3.63) is 29.3 Å². The first-order chi connectivity index (χ1) is 11.3. The second kappa shape index (κ2) is 7.91. The summed E-state index contributed by atoms with van der Waals surface area (Å²) >= 11 is 5.92. The number of aromatic nitrogens is 3. The number of unbranched alkanes of at least 4 members (excludes halogenated alkanes) is 2. The summed E-state index contributed by atoms with van der Waals surface area (Å²) in [5.74, 6) is 2.71. The average Bonchev–Trinajstić information content (AvgIpc) is 3.06. The van der Waals surface area contributed by atoms with E-state index in [0.29, 0.717) is 17.0 Å². The third-order valence-electron chi connectivity index (χ3n) is 4.84. The van der Waals surface area contributed by atoms with Crippen molar-refractivity contribution in [2.45, 2.75) is 64.2 Å². The molecule has 4 nitrogen and oxygen atoms in total. The van der Waals surface area contributed by atoms with E-state index < -0.39 is 0 Å². The van der Waals surface area contributed by atoms with Gasteiger partial charge in [-0.15, -0.1) is 0 Å². The van der Waals surface area contributed by atoms with Crippen LogP contribution in [0.4, 0.5) is 0 Å². The quantitative estimate of drug-likeness (QED) is 0.507. The summed E-state index contributed by atoms with van der Waals surface area (Å²) in [5, 5.41) is 4.64. The van der Waals surface area contributed by atoms with E-state index in [1.165, 1.54) is 51.4 Å². The van der Waals surface area contributed by atoms with Crippen molar-refractivity contribution >= 4 is 11.6 Å². The highest BCUT2D eigenvalue weighted by atomic mass is 35.5. The molecule has 23 heavy (non-hydrogen) atoms. The zero-order valence-electron chi connectivity index (χ0n) is 13.7. The molecule has 0 spiro atoms. The van der Waals surface area contributed by atoms with Crippen molar-refractivity contribution in [2.24, 2.45) is 5.92 Å². The summed E-state index contributed by atoms with van der Waals surface area (Å²) in [6.45, 7) is 2.26. The first kappa shape index (κ1) is 16.4. The molecule has 0 N–H and O–H groups in total. The standard InChI is InChI=1S/C18H24ClN3O/c1-2-3-4-5-13-6-8-14(9-7-13)17-21-18(23-22-17)15-10-11-20-16(19)12-15/h10-14H,2-9H2,1H3/t13-,14-. The lowest BCUT2D eigenvalue weighted by atomic mass is 9.79. The largest absolute Gasteiger partial charge is 0.334 e. The molecule has 5 heteroatoms. The SMILES string of the molecule is CCCCC[C@H]1CC[C@H](c2noc(-c3ccnc(Cl)c3)n2)CC1. The average molecular weight is 334 g/mol. The lowest BCUT2D eigenvalue weighted by Crippen LogP contribution is -2.14. The van der Waals surface area contributed by atoms with E-state index >= 15 is 0 Å². The zero-order valence-corrected chi connectivity index (χ0v) is 14.4. The van der Waals surface area contributed by atoms with Crippen LogP contribution >= 0.6 is 11.6 Å². The van der Waals surface area contributed by atoms with Crippen LogP contribution in [-0.2, 0) is 0 Å². The van der Waals surface area contributed by atoms with Gasteiger partial charge in [0.05, 0.1) is 0 Å². The smallest absolute Gasteiger partial charge is 0.258 e. The highest BCUT2D eigenvalue weighted by molar-refractivity contribution is 6.29. The van der Waals surface area contributed by atoms with Crippen LogP contribution < -0.4 is 0 Å². The van der Waals surface area contributed by atoms with Gasteiger partial charge in [-0.25, -0.2) is 4.98 Å². The molecule has 1 aliphatic rings. The molecule has 0 unspecified atom stereocenters. The fourth-order valence-corrected chi connectivity index (χ4v) is 3.62. The zero-order chi connectivity index (χ0) is 16.1. The molecule has 1 saturated carbocycles. The van der Waals surface area contributed by atoms with Gasteiger partial charge in [0.1, 0.15) is 5.15 Å². The molecule has 3 rings (SSSR count). The monoisotopic (exact) mass is 333 g/mol. The molecule has 0 aliphatic heterocycles. The van der Waals surface area contributed by atoms with E-state index in [4.69, 9.17) is 16.1 Å². The maximum Gasteiger partial charge on any atom is 0.258 e. The van der Waals surface area contributed by atoms with Crippen LogP contribution in [0.2, 0.25) is 5.15 Å². The van der Waals surface area contributed by atoms with E-state index in [0.717, 1.165) is 17.3 Å². The third kappa shape index (κ3) is 4.31. The normalized spacial score (nSPS) is 21.5. The summed E-state index contributed by atoms with van der Waals surface area (Å²) in [6, 6.07) is 3.59. The molecule has 0 atom stereocenters. The Morgan fingerprint density at radius 3 is 2.78 bits per heavy atom. The number of hydrogen-bond acceptors (Lipinski definition) is 4. The minimum absolute atomic E-state index is 0.437. The number of halogens is 1. The van der Waals surface area contributed by atoms with Gasteiger partial charge >= 0.3 is 0 Å². The Morgan fingerprint density at radius 1 is 1.22 bits per heavy atom. The van der Waals surface area contributed by atoms with Crippen molar-refractivity contribution in [1.82, 2.24) is 15.1 Å². The second-order valence-electron chi connectivity index (χ2n) is 6.54. The van der Waals surface area contributed by atoms with E-state index in [1.54, 1.807) is 12.3 Å². The van der Waals surface area contributed by atoms with Crippen LogP contribution in [0.25, 0.3) is 11.5 Å². The molecule has 0 radical (unpaired) electrons. The van der Waals surface area contributed by atoms with Gasteiger partial charge in [0.15, 0.2) is 5.82 Å². The number of nitrogens with zero attached hydrogens (tertiary/aromatic N) is 3. The number of rotatable bonds is 6. The molecule has 0 amide bonds. The van der Waals surface area contributed by atoms with E-state index in [2.05, 4.69) is 22.0 Å². The van der Waals surface area contributed by atoms with Gasteiger partial charge < -0.3 is 4.52 Å². The highest BCUT2D eigenvalue weighted by Crippen LogP contribution is 2.37. The summed E-state index contributed by atoms with van der Waals surface area (Å²) in [5.41, 5.74) is 0.831. The van der Waals surface area contributed by atoms with Gasteiger partial charge in [0.2, 0.25) is 0 Å². The molecule has 0 aromatic carbocycles. The molecule has 2 heterocycles. The van der Waals surface area contributed by atoms with Crippen LogP contribution in [0, 0.1) is 5.92 Å². The van der Waals surface area contributed by atoms with Crippen molar-refractivity contribution < 1.29 is 4.52 Å². The van der Waals surface area contributed by atoms with Gasteiger partial charge in [0.25, 0.3) is 5.89 Å². The predicted molar refractivity (Wildman–Crippen MR) is 91.4 cm³/mol. The lowest BCUT2D eigenvalue weighted by Gasteiger charge is -2.26. The van der Waals surface area contributed by atoms with Crippen molar-refractivity contribution in [3.63, 3.8) is 0 Å². The molecule has 124 valence electrons. The second-order valence-corrected chi connectivity index (χ2v) is 6.93. The molecule has 2 aromatic rings. The Bertz CT molecular complexity index is 620. The molecule has 1 fully saturated rings. The molecule has 2 aromatic heterocycles. The topological polar surface area (TPSA) is 51.8 Å². The Morgan fingerprint density at radius 2 is 2.04 bits per heavy atom. The van der Waals surface area contributed by atoms with Crippen molar-refractivity contribution in [2.75, 3.05) is 0 Å². The van der Waals surface area contributed by atoms with Gasteiger partial charge in [-0.3, -0.25) is 0 Å². The molecule has 1 aliphatic carbocycles. The minimum Gasteiger partial charge on any atom is -0.334 e. The molecule has 0 bridgehead atoms. The summed E-state index contributed by atoms with van der Waals surface area (Å²) < 4.78 is 5.42. The predicted octanol–water partition coefficient (Wildman–Crippen LogP) is 5.64. The summed E-state index contributed by atoms with van der Waals surface area (Å²) in [7, 11) is 0. The maximum atomic E-state index is 5.92. The fraction of sp³-hybridized carbons (Fsp3) is 0.611. The van der Waals surface area contributed by atoms with Gasteiger partial charge in [-0.1, -0.05) is 49.4 Å². The van der Waals surface area contributed by atoms with Crippen LogP contribution in [0.5, 0.6) is 0 Å². The first-order valence-electron chi connectivity index (χ1n) is 8.71. The Hall–Kier alpha value is -1.42. The minimum atomic E-state index is 0.437. The fourth-order valence-electron chi connectivity index (χ4n) is 3.45. The Balaban J connectivity index is 1.57. The van der Waals surface area contributed by atoms with Crippen LogP contribution in [0.1, 0.15) is 70.0 Å². The van der Waals surface area contributed by atoms with Crippen LogP contribution in [0.3, 0.4) is 0 Å². The van der Waals surface area contributed by atoms with E-state index in [1.807, 2.05) is 6.07 Å². The Labute approximate surface area is 142 Å². The first-order valence-corrected chi connectivity index (χ1v) is 9.09. The van der Waals surface area contributed by atoms with E-state index in [9.17, 15) is 0 Å². The van der Waals surface area contributed by atoms with Crippen LogP contribution in [-0.4, -0.2) is 15.1 Å². The highest BCUT2D eigenvalue weighted by Gasteiger charge is 2.25. The van der Waals surface area contributed by atoms with E-state index in [-0.39, 0.29) is 0 Å². The molecular formula is C18H24ClN3O. The lowest BCUT2D eigenvalue weighted by molar-refractivity contribution is 0.292. The number of pyridine rings is 1. The summed E-state index contributed by atoms with van der Waals surface area (Å²) in [4.78, 5) is 8.56. The van der Waals surface area contributed by atoms with Gasteiger partial charge in [-0.2, -0.15) is 4.98 Å².